The predicted octanol–water partition coefficient (Wildman–Crippen LogP) is 2.51. The Balaban J connectivity index is 1.50. The average Bonchev–Trinajstić information content (AvgIpc) is 2.91. The number of benzene rings is 1. The van der Waals surface area contributed by atoms with Crippen LogP contribution in [0.2, 0.25) is 0 Å². The lowest BCUT2D eigenvalue weighted by Gasteiger charge is -2.44. The van der Waals surface area contributed by atoms with Crippen LogP contribution in [0.4, 0.5) is 0 Å². The number of nitrogens with zero attached hydrogens (tertiary/aromatic N) is 3. The lowest BCUT2D eigenvalue weighted by molar-refractivity contribution is -0.0679. The minimum atomic E-state index is -0.883. The topological polar surface area (TPSA) is 67.6 Å². The van der Waals surface area contributed by atoms with Crippen LogP contribution >= 0.6 is 0 Å². The summed E-state index contributed by atoms with van der Waals surface area (Å²) in [5.74, 6) is 0.945. The number of aromatic nitrogens is 2. The number of piperidine rings is 1. The average molecular weight is 383 g/mol. The number of aliphatic hydroxyl groups is 1. The molecule has 2 atom stereocenters. The Labute approximate surface area is 165 Å². The fourth-order valence-corrected chi connectivity index (χ4v) is 4.87. The normalized spacial score (nSPS) is 27.1. The zero-order valence-corrected chi connectivity index (χ0v) is 16.7. The summed E-state index contributed by atoms with van der Waals surface area (Å²) in [6, 6.07) is 12.1. The standard InChI is InChI=1S/C22H29N3O3/c1-3-28-20-7-5-4-6-17(20)14-24-18-9-10-19(24)13-22(27,12-18)15-25-21(26)11-8-16(2)23-25/h4-8,11,18-19,27H,3,9-10,12-15H2,1-2H3. The van der Waals surface area contributed by atoms with Crippen molar-refractivity contribution in [2.75, 3.05) is 6.61 Å². The molecular weight excluding hydrogens is 354 g/mol. The highest BCUT2D eigenvalue weighted by atomic mass is 16.5. The van der Waals surface area contributed by atoms with Crippen LogP contribution in [0.3, 0.4) is 0 Å². The van der Waals surface area contributed by atoms with E-state index in [0.717, 1.165) is 30.8 Å². The monoisotopic (exact) mass is 383 g/mol. The molecule has 2 aliphatic heterocycles. The van der Waals surface area contributed by atoms with Crippen LogP contribution in [0.5, 0.6) is 5.75 Å². The van der Waals surface area contributed by atoms with Gasteiger partial charge in [0.05, 0.1) is 24.4 Å². The smallest absolute Gasteiger partial charge is 0.266 e. The number of rotatable bonds is 6. The lowest BCUT2D eigenvalue weighted by Crippen LogP contribution is -2.53. The van der Waals surface area contributed by atoms with Crippen molar-refractivity contribution in [3.8, 4) is 5.75 Å². The molecule has 0 radical (unpaired) electrons. The van der Waals surface area contributed by atoms with Crippen molar-refractivity contribution in [2.45, 2.75) is 70.3 Å². The van der Waals surface area contributed by atoms with E-state index in [0.29, 0.717) is 31.5 Å². The Morgan fingerprint density at radius 1 is 1.18 bits per heavy atom. The minimum absolute atomic E-state index is 0.153. The Bertz CT molecular complexity index is 881. The second-order valence-corrected chi connectivity index (χ2v) is 8.20. The van der Waals surface area contributed by atoms with Gasteiger partial charge in [-0.3, -0.25) is 9.69 Å². The first-order chi connectivity index (χ1) is 13.5. The number of hydrogen-bond acceptors (Lipinski definition) is 5. The molecule has 1 aromatic carbocycles. The molecule has 1 aromatic heterocycles. The molecule has 0 aliphatic carbocycles. The van der Waals surface area contributed by atoms with Crippen LogP contribution in [-0.4, -0.2) is 44.1 Å². The number of fused-ring (bicyclic) bond motifs is 2. The summed E-state index contributed by atoms with van der Waals surface area (Å²) in [4.78, 5) is 14.6. The van der Waals surface area contributed by atoms with Gasteiger partial charge in [-0.2, -0.15) is 5.10 Å². The van der Waals surface area contributed by atoms with Crippen LogP contribution < -0.4 is 10.3 Å². The van der Waals surface area contributed by atoms with E-state index in [-0.39, 0.29) is 12.1 Å². The summed E-state index contributed by atoms with van der Waals surface area (Å²) in [7, 11) is 0. The molecule has 6 nitrogen and oxygen atoms in total. The van der Waals surface area contributed by atoms with Crippen molar-refractivity contribution in [1.82, 2.24) is 14.7 Å². The fourth-order valence-electron chi connectivity index (χ4n) is 4.87. The van der Waals surface area contributed by atoms with E-state index >= 15 is 0 Å². The molecule has 0 saturated carbocycles. The summed E-state index contributed by atoms with van der Waals surface area (Å²) in [5, 5.41) is 15.6. The zero-order chi connectivity index (χ0) is 19.7. The first-order valence-corrected chi connectivity index (χ1v) is 10.2. The van der Waals surface area contributed by atoms with Gasteiger partial charge in [0, 0.05) is 30.3 Å². The van der Waals surface area contributed by atoms with E-state index in [1.165, 1.54) is 16.3 Å². The van der Waals surface area contributed by atoms with Gasteiger partial charge in [-0.15, -0.1) is 0 Å². The number of aryl methyl sites for hydroxylation is 1. The quantitative estimate of drug-likeness (QED) is 0.830. The molecule has 4 rings (SSSR count). The zero-order valence-electron chi connectivity index (χ0n) is 16.7. The van der Waals surface area contributed by atoms with Crippen molar-refractivity contribution in [3.63, 3.8) is 0 Å². The maximum absolute atomic E-state index is 12.1. The van der Waals surface area contributed by atoms with Gasteiger partial charge in [-0.25, -0.2) is 4.68 Å². The molecule has 2 bridgehead atoms. The van der Waals surface area contributed by atoms with E-state index < -0.39 is 5.60 Å². The van der Waals surface area contributed by atoms with E-state index in [1.807, 2.05) is 26.0 Å². The van der Waals surface area contributed by atoms with Gasteiger partial charge in [0.15, 0.2) is 0 Å². The van der Waals surface area contributed by atoms with Crippen molar-refractivity contribution in [3.05, 3.63) is 58.0 Å². The molecule has 150 valence electrons. The molecule has 0 amide bonds. The highest BCUT2D eigenvalue weighted by Gasteiger charge is 2.47. The Hall–Kier alpha value is -2.18. The number of para-hydroxylation sites is 1. The number of hydrogen-bond donors (Lipinski definition) is 1. The molecular formula is C22H29N3O3. The fraction of sp³-hybridized carbons (Fsp3) is 0.545. The second-order valence-electron chi connectivity index (χ2n) is 8.20. The SMILES string of the molecule is CCOc1ccccc1CN1C2CCC1CC(O)(Cn1nc(C)ccc1=O)C2. The third-order valence-electron chi connectivity index (χ3n) is 6.07. The Kier molecular flexibility index (Phi) is 5.25. The van der Waals surface area contributed by atoms with E-state index in [4.69, 9.17) is 4.74 Å². The third kappa shape index (κ3) is 3.84. The first-order valence-electron chi connectivity index (χ1n) is 10.2. The summed E-state index contributed by atoms with van der Waals surface area (Å²) < 4.78 is 7.22. The van der Waals surface area contributed by atoms with Gasteiger partial charge < -0.3 is 9.84 Å². The molecule has 28 heavy (non-hydrogen) atoms. The highest BCUT2D eigenvalue weighted by molar-refractivity contribution is 5.33. The molecule has 2 saturated heterocycles. The van der Waals surface area contributed by atoms with Gasteiger partial charge in [0.2, 0.25) is 0 Å². The molecule has 1 N–H and O–H groups in total. The summed E-state index contributed by atoms with van der Waals surface area (Å²) in [6.45, 7) is 5.63. The van der Waals surface area contributed by atoms with Gasteiger partial charge in [-0.05, 0) is 51.7 Å². The maximum Gasteiger partial charge on any atom is 0.266 e. The van der Waals surface area contributed by atoms with Crippen molar-refractivity contribution in [1.29, 1.82) is 0 Å². The van der Waals surface area contributed by atoms with Crippen LogP contribution in [0.15, 0.2) is 41.2 Å². The summed E-state index contributed by atoms with van der Waals surface area (Å²) in [5.41, 5.74) is 0.950. The van der Waals surface area contributed by atoms with Crippen molar-refractivity contribution < 1.29 is 9.84 Å². The third-order valence-corrected chi connectivity index (χ3v) is 6.07. The van der Waals surface area contributed by atoms with Crippen LogP contribution in [0.1, 0.15) is 43.9 Å². The number of ether oxygens (including phenoxy) is 1. The van der Waals surface area contributed by atoms with E-state index in [2.05, 4.69) is 22.1 Å². The molecule has 2 unspecified atom stereocenters. The molecule has 2 aliphatic rings. The lowest BCUT2D eigenvalue weighted by atomic mass is 9.85. The molecule has 6 heteroatoms. The van der Waals surface area contributed by atoms with E-state index in [9.17, 15) is 9.90 Å². The predicted molar refractivity (Wildman–Crippen MR) is 107 cm³/mol. The van der Waals surface area contributed by atoms with Crippen molar-refractivity contribution in [2.24, 2.45) is 0 Å². The van der Waals surface area contributed by atoms with Gasteiger partial charge in [-0.1, -0.05) is 18.2 Å². The minimum Gasteiger partial charge on any atom is -0.494 e. The molecule has 3 heterocycles. The Morgan fingerprint density at radius 3 is 2.61 bits per heavy atom. The summed E-state index contributed by atoms with van der Waals surface area (Å²) in [6.07, 6.45) is 3.50. The molecule has 2 fully saturated rings. The van der Waals surface area contributed by atoms with Crippen molar-refractivity contribution >= 4 is 0 Å². The molecule has 0 spiro atoms. The highest BCUT2D eigenvalue weighted by Crippen LogP contribution is 2.42. The first kappa shape index (κ1) is 19.2. The van der Waals surface area contributed by atoms with Gasteiger partial charge in [0.1, 0.15) is 5.75 Å². The summed E-state index contributed by atoms with van der Waals surface area (Å²) >= 11 is 0. The van der Waals surface area contributed by atoms with Crippen LogP contribution in [0.25, 0.3) is 0 Å². The largest absolute Gasteiger partial charge is 0.494 e. The molecule has 2 aromatic rings. The Morgan fingerprint density at radius 2 is 1.89 bits per heavy atom. The van der Waals surface area contributed by atoms with Crippen LogP contribution in [0, 0.1) is 6.92 Å². The van der Waals surface area contributed by atoms with Gasteiger partial charge in [0.25, 0.3) is 5.56 Å². The maximum atomic E-state index is 12.1. The second kappa shape index (κ2) is 7.68. The van der Waals surface area contributed by atoms with E-state index in [1.54, 1.807) is 6.07 Å². The van der Waals surface area contributed by atoms with Crippen LogP contribution in [-0.2, 0) is 13.1 Å². The van der Waals surface area contributed by atoms with Gasteiger partial charge >= 0.3 is 0 Å².